The van der Waals surface area contributed by atoms with E-state index in [2.05, 4.69) is 10.6 Å². The molecule has 2 amide bonds. The second-order valence-corrected chi connectivity index (χ2v) is 6.48. The lowest BCUT2D eigenvalue weighted by Crippen LogP contribution is -2.41. The van der Waals surface area contributed by atoms with Gasteiger partial charge in [-0.3, -0.25) is 9.59 Å². The smallest absolute Gasteiger partial charge is 0.239 e. The Morgan fingerprint density at radius 1 is 0.880 bits per heavy atom. The molecule has 0 aliphatic rings. The molecule has 4 nitrogen and oxygen atoms in total. The van der Waals surface area contributed by atoms with Crippen LogP contribution in [0.15, 0.2) is 36.4 Å². The third-order valence-electron chi connectivity index (χ3n) is 3.94. The highest BCUT2D eigenvalue weighted by Gasteiger charge is 2.36. The first-order valence-corrected chi connectivity index (χ1v) is 7.76. The lowest BCUT2D eigenvalue weighted by atomic mass is 9.90. The number of nitrogens with one attached hydrogen (secondary N) is 2. The first-order valence-electron chi connectivity index (χ1n) is 7.76. The number of hydrogen-bond acceptors (Lipinski definition) is 2. The van der Waals surface area contributed by atoms with E-state index in [1.54, 1.807) is 6.07 Å². The molecular formula is C19H20F2N2O2. The van der Waals surface area contributed by atoms with Gasteiger partial charge < -0.3 is 10.6 Å². The van der Waals surface area contributed by atoms with Crippen molar-refractivity contribution in [3.05, 3.63) is 59.2 Å². The SMILES string of the molecule is Cc1ccc(NC(=O)C(C)(C)C(=O)Nc2ccc(F)c(F)c2)c(C)c1. The molecule has 0 spiro atoms. The van der Waals surface area contributed by atoms with E-state index in [1.807, 2.05) is 26.0 Å². The van der Waals surface area contributed by atoms with E-state index in [4.69, 9.17) is 0 Å². The van der Waals surface area contributed by atoms with Gasteiger partial charge in [-0.05, 0) is 51.5 Å². The topological polar surface area (TPSA) is 58.2 Å². The van der Waals surface area contributed by atoms with Crippen LogP contribution in [0.1, 0.15) is 25.0 Å². The van der Waals surface area contributed by atoms with E-state index in [0.717, 1.165) is 23.3 Å². The van der Waals surface area contributed by atoms with Crippen molar-refractivity contribution in [2.45, 2.75) is 27.7 Å². The first kappa shape index (κ1) is 18.6. The number of rotatable bonds is 4. The van der Waals surface area contributed by atoms with Crippen LogP contribution in [0.4, 0.5) is 20.2 Å². The van der Waals surface area contributed by atoms with E-state index in [9.17, 15) is 18.4 Å². The maximum Gasteiger partial charge on any atom is 0.239 e. The number of carbonyl (C=O) groups excluding carboxylic acids is 2. The average molecular weight is 346 g/mol. The minimum absolute atomic E-state index is 0.0799. The van der Waals surface area contributed by atoms with Crippen LogP contribution in [-0.4, -0.2) is 11.8 Å². The number of carbonyl (C=O) groups is 2. The van der Waals surface area contributed by atoms with Crippen molar-refractivity contribution >= 4 is 23.2 Å². The normalized spacial score (nSPS) is 11.1. The zero-order valence-electron chi connectivity index (χ0n) is 14.5. The lowest BCUT2D eigenvalue weighted by Gasteiger charge is -2.23. The van der Waals surface area contributed by atoms with Crippen molar-refractivity contribution < 1.29 is 18.4 Å². The molecule has 0 aliphatic carbocycles. The maximum atomic E-state index is 13.2. The predicted molar refractivity (Wildman–Crippen MR) is 93.3 cm³/mol. The Morgan fingerprint density at radius 3 is 2.12 bits per heavy atom. The molecule has 2 rings (SSSR count). The van der Waals surface area contributed by atoms with Gasteiger partial charge in [0.15, 0.2) is 11.6 Å². The number of amides is 2. The number of aryl methyl sites for hydroxylation is 2. The van der Waals surface area contributed by atoms with Crippen molar-refractivity contribution in [2.24, 2.45) is 5.41 Å². The zero-order chi connectivity index (χ0) is 18.8. The van der Waals surface area contributed by atoms with Gasteiger partial charge in [-0.1, -0.05) is 17.7 Å². The van der Waals surface area contributed by atoms with Gasteiger partial charge in [0.1, 0.15) is 5.41 Å². The van der Waals surface area contributed by atoms with Crippen LogP contribution in [-0.2, 0) is 9.59 Å². The van der Waals surface area contributed by atoms with Crippen molar-refractivity contribution in [2.75, 3.05) is 10.6 Å². The number of halogens is 2. The average Bonchev–Trinajstić information content (AvgIpc) is 2.53. The molecule has 0 saturated carbocycles. The van der Waals surface area contributed by atoms with E-state index < -0.39 is 28.9 Å². The Kier molecular flexibility index (Phi) is 5.21. The van der Waals surface area contributed by atoms with Gasteiger partial charge in [-0.15, -0.1) is 0 Å². The van der Waals surface area contributed by atoms with Crippen molar-refractivity contribution in [3.8, 4) is 0 Å². The number of benzene rings is 2. The van der Waals surface area contributed by atoms with Crippen molar-refractivity contribution in [3.63, 3.8) is 0 Å². The molecule has 2 aromatic rings. The Balaban J connectivity index is 2.13. The largest absolute Gasteiger partial charge is 0.325 e. The molecule has 0 radical (unpaired) electrons. The molecule has 0 atom stereocenters. The summed E-state index contributed by atoms with van der Waals surface area (Å²) in [4.78, 5) is 24.9. The Labute approximate surface area is 145 Å². The van der Waals surface area contributed by atoms with Crippen LogP contribution in [0, 0.1) is 30.9 Å². The third kappa shape index (κ3) is 4.21. The molecule has 0 bridgehead atoms. The van der Waals surface area contributed by atoms with Gasteiger partial charge in [-0.25, -0.2) is 8.78 Å². The Bertz CT molecular complexity index is 832. The fourth-order valence-electron chi connectivity index (χ4n) is 2.20. The fourth-order valence-corrected chi connectivity index (χ4v) is 2.20. The number of anilines is 2. The molecule has 6 heteroatoms. The Morgan fingerprint density at radius 2 is 1.52 bits per heavy atom. The summed E-state index contributed by atoms with van der Waals surface area (Å²) >= 11 is 0. The van der Waals surface area contributed by atoms with Gasteiger partial charge in [0, 0.05) is 17.4 Å². The van der Waals surface area contributed by atoms with Crippen LogP contribution in [0.5, 0.6) is 0 Å². The molecule has 0 heterocycles. The van der Waals surface area contributed by atoms with Crippen LogP contribution in [0.3, 0.4) is 0 Å². The molecule has 0 aromatic heterocycles. The molecule has 132 valence electrons. The van der Waals surface area contributed by atoms with Gasteiger partial charge in [-0.2, -0.15) is 0 Å². The monoisotopic (exact) mass is 346 g/mol. The third-order valence-corrected chi connectivity index (χ3v) is 3.94. The molecule has 25 heavy (non-hydrogen) atoms. The van der Waals surface area contributed by atoms with E-state index in [-0.39, 0.29) is 5.69 Å². The summed E-state index contributed by atoms with van der Waals surface area (Å²) in [5.74, 6) is -3.21. The molecular weight excluding hydrogens is 326 g/mol. The summed E-state index contributed by atoms with van der Waals surface area (Å²) < 4.78 is 26.2. The second kappa shape index (κ2) is 7.01. The zero-order valence-corrected chi connectivity index (χ0v) is 14.5. The van der Waals surface area contributed by atoms with Gasteiger partial charge in [0.05, 0.1) is 0 Å². The first-order chi connectivity index (χ1) is 11.6. The summed E-state index contributed by atoms with van der Waals surface area (Å²) in [5, 5.41) is 5.17. The summed E-state index contributed by atoms with van der Waals surface area (Å²) in [6.45, 7) is 6.72. The summed E-state index contributed by atoms with van der Waals surface area (Å²) in [7, 11) is 0. The lowest BCUT2D eigenvalue weighted by molar-refractivity contribution is -0.135. The summed E-state index contributed by atoms with van der Waals surface area (Å²) in [6, 6.07) is 8.56. The molecule has 0 aliphatic heterocycles. The quantitative estimate of drug-likeness (QED) is 0.816. The van der Waals surface area contributed by atoms with E-state index in [0.29, 0.717) is 5.69 Å². The van der Waals surface area contributed by atoms with Crippen molar-refractivity contribution in [1.29, 1.82) is 0 Å². The molecule has 0 unspecified atom stereocenters. The number of hydrogen-bond donors (Lipinski definition) is 2. The van der Waals surface area contributed by atoms with Gasteiger partial charge in [0.25, 0.3) is 0 Å². The fraction of sp³-hybridized carbons (Fsp3) is 0.263. The van der Waals surface area contributed by atoms with Crippen LogP contribution in [0.2, 0.25) is 0 Å². The van der Waals surface area contributed by atoms with E-state index in [1.165, 1.54) is 19.9 Å². The molecule has 2 N–H and O–H groups in total. The standard InChI is InChI=1S/C19H20F2N2O2/c1-11-5-8-16(12(2)9-11)23-18(25)19(3,4)17(24)22-13-6-7-14(20)15(21)10-13/h5-10H,1-4H3,(H,22,24)(H,23,25). The summed E-state index contributed by atoms with van der Waals surface area (Å²) in [5.41, 5.74) is 1.22. The minimum Gasteiger partial charge on any atom is -0.325 e. The van der Waals surface area contributed by atoms with Crippen LogP contribution < -0.4 is 10.6 Å². The van der Waals surface area contributed by atoms with Crippen LogP contribution >= 0.6 is 0 Å². The highest BCUT2D eigenvalue weighted by molar-refractivity contribution is 6.14. The Hall–Kier alpha value is -2.76. The maximum absolute atomic E-state index is 13.2. The molecule has 2 aromatic carbocycles. The summed E-state index contributed by atoms with van der Waals surface area (Å²) in [6.07, 6.45) is 0. The molecule has 0 saturated heterocycles. The van der Waals surface area contributed by atoms with Crippen LogP contribution in [0.25, 0.3) is 0 Å². The highest BCUT2D eigenvalue weighted by Crippen LogP contribution is 2.24. The minimum atomic E-state index is -1.41. The van der Waals surface area contributed by atoms with Gasteiger partial charge >= 0.3 is 0 Å². The van der Waals surface area contributed by atoms with Gasteiger partial charge in [0.2, 0.25) is 11.8 Å². The predicted octanol–water partition coefficient (Wildman–Crippen LogP) is 4.19. The second-order valence-electron chi connectivity index (χ2n) is 6.48. The van der Waals surface area contributed by atoms with E-state index >= 15 is 0 Å². The molecule has 0 fully saturated rings. The van der Waals surface area contributed by atoms with Crippen molar-refractivity contribution in [1.82, 2.24) is 0 Å². The highest BCUT2D eigenvalue weighted by atomic mass is 19.2.